The standard InChI is InChI=1S/C11H8BrClOS/c12-10-6-15-5-9(10)11(14)7-2-1-3-8(13)4-7/h1-6,11,14H. The maximum absolute atomic E-state index is 10.1. The minimum Gasteiger partial charge on any atom is -0.384 e. The molecule has 0 bridgehead atoms. The Morgan fingerprint density at radius 2 is 2.13 bits per heavy atom. The Hall–Kier alpha value is -0.350. The molecule has 0 saturated carbocycles. The number of hydrogen-bond donors (Lipinski definition) is 1. The molecule has 0 aliphatic heterocycles. The fourth-order valence-corrected chi connectivity index (χ4v) is 3.07. The highest BCUT2D eigenvalue weighted by Crippen LogP contribution is 2.32. The maximum Gasteiger partial charge on any atom is 0.106 e. The average Bonchev–Trinajstić information content (AvgIpc) is 2.63. The summed E-state index contributed by atoms with van der Waals surface area (Å²) in [6.45, 7) is 0. The Morgan fingerprint density at radius 1 is 1.33 bits per heavy atom. The van der Waals surface area contributed by atoms with Crippen molar-refractivity contribution in [1.29, 1.82) is 0 Å². The first-order chi connectivity index (χ1) is 7.18. The summed E-state index contributed by atoms with van der Waals surface area (Å²) in [5.74, 6) is 0. The smallest absolute Gasteiger partial charge is 0.106 e. The molecule has 2 aromatic rings. The molecule has 0 aliphatic carbocycles. The number of thiophene rings is 1. The third-order valence-corrected chi connectivity index (χ3v) is 4.09. The van der Waals surface area contributed by atoms with E-state index in [1.807, 2.05) is 22.9 Å². The number of aliphatic hydroxyl groups excluding tert-OH is 1. The topological polar surface area (TPSA) is 20.2 Å². The first kappa shape index (κ1) is 11.1. The van der Waals surface area contributed by atoms with E-state index in [1.165, 1.54) is 0 Å². The molecule has 15 heavy (non-hydrogen) atoms. The quantitative estimate of drug-likeness (QED) is 0.879. The van der Waals surface area contributed by atoms with Crippen LogP contribution in [-0.2, 0) is 0 Å². The number of benzene rings is 1. The Kier molecular flexibility index (Phi) is 3.46. The molecular weight excluding hydrogens is 296 g/mol. The summed E-state index contributed by atoms with van der Waals surface area (Å²) in [6, 6.07) is 7.26. The highest BCUT2D eigenvalue weighted by molar-refractivity contribution is 9.10. The molecule has 1 heterocycles. The van der Waals surface area contributed by atoms with Gasteiger partial charge in [0.2, 0.25) is 0 Å². The zero-order valence-electron chi connectivity index (χ0n) is 7.65. The van der Waals surface area contributed by atoms with Crippen LogP contribution in [0.3, 0.4) is 0 Å². The van der Waals surface area contributed by atoms with Gasteiger partial charge in [-0.15, -0.1) is 0 Å². The summed E-state index contributed by atoms with van der Waals surface area (Å²) in [5.41, 5.74) is 1.68. The molecule has 0 spiro atoms. The summed E-state index contributed by atoms with van der Waals surface area (Å²) in [7, 11) is 0. The fourth-order valence-electron chi connectivity index (χ4n) is 1.34. The van der Waals surface area contributed by atoms with Gasteiger partial charge in [0.1, 0.15) is 6.10 Å². The van der Waals surface area contributed by atoms with E-state index in [0.717, 1.165) is 15.6 Å². The molecule has 1 unspecified atom stereocenters. The number of rotatable bonds is 2. The summed E-state index contributed by atoms with van der Waals surface area (Å²) >= 11 is 10.8. The monoisotopic (exact) mass is 302 g/mol. The van der Waals surface area contributed by atoms with Crippen molar-refractivity contribution in [2.24, 2.45) is 0 Å². The normalized spacial score (nSPS) is 12.7. The third-order valence-electron chi connectivity index (χ3n) is 2.10. The number of aliphatic hydroxyl groups is 1. The lowest BCUT2D eigenvalue weighted by molar-refractivity contribution is 0.220. The average molecular weight is 304 g/mol. The molecule has 1 N–H and O–H groups in total. The second-order valence-corrected chi connectivity index (χ2v) is 5.17. The van der Waals surface area contributed by atoms with Gasteiger partial charge in [0, 0.05) is 20.4 Å². The van der Waals surface area contributed by atoms with E-state index in [1.54, 1.807) is 23.5 Å². The molecule has 0 radical (unpaired) electrons. The molecule has 4 heteroatoms. The minimum atomic E-state index is -0.621. The number of halogens is 2. The van der Waals surface area contributed by atoms with Crippen LogP contribution in [0.5, 0.6) is 0 Å². The van der Waals surface area contributed by atoms with Crippen LogP contribution < -0.4 is 0 Å². The Labute approximate surface area is 105 Å². The summed E-state index contributed by atoms with van der Waals surface area (Å²) in [6.07, 6.45) is -0.621. The van der Waals surface area contributed by atoms with Crippen molar-refractivity contribution in [3.05, 3.63) is 55.6 Å². The predicted molar refractivity (Wildman–Crippen MR) is 67.5 cm³/mol. The molecule has 2 rings (SSSR count). The van der Waals surface area contributed by atoms with Crippen LogP contribution in [0.4, 0.5) is 0 Å². The molecule has 0 amide bonds. The van der Waals surface area contributed by atoms with Gasteiger partial charge in [-0.3, -0.25) is 0 Å². The van der Waals surface area contributed by atoms with Gasteiger partial charge in [-0.2, -0.15) is 11.3 Å². The molecule has 1 atom stereocenters. The van der Waals surface area contributed by atoms with Crippen LogP contribution in [0.2, 0.25) is 5.02 Å². The van der Waals surface area contributed by atoms with E-state index in [-0.39, 0.29) is 0 Å². The lowest BCUT2D eigenvalue weighted by Gasteiger charge is -2.10. The van der Waals surface area contributed by atoms with Crippen LogP contribution in [0.25, 0.3) is 0 Å². The Bertz CT molecular complexity index is 469. The van der Waals surface area contributed by atoms with Gasteiger partial charge in [0.25, 0.3) is 0 Å². The van der Waals surface area contributed by atoms with Gasteiger partial charge >= 0.3 is 0 Å². The van der Waals surface area contributed by atoms with E-state index in [4.69, 9.17) is 11.6 Å². The van der Waals surface area contributed by atoms with Gasteiger partial charge in [0.05, 0.1) is 0 Å². The Balaban J connectivity index is 2.36. The zero-order valence-corrected chi connectivity index (χ0v) is 10.8. The van der Waals surface area contributed by atoms with Gasteiger partial charge in [-0.05, 0) is 39.0 Å². The van der Waals surface area contributed by atoms with Crippen molar-refractivity contribution in [1.82, 2.24) is 0 Å². The predicted octanol–water partition coefficient (Wildman–Crippen LogP) is 4.25. The van der Waals surface area contributed by atoms with Gasteiger partial charge in [-0.25, -0.2) is 0 Å². The van der Waals surface area contributed by atoms with Gasteiger partial charge < -0.3 is 5.11 Å². The van der Waals surface area contributed by atoms with Crippen LogP contribution in [0.1, 0.15) is 17.2 Å². The van der Waals surface area contributed by atoms with E-state index in [2.05, 4.69) is 15.9 Å². The van der Waals surface area contributed by atoms with Gasteiger partial charge in [0.15, 0.2) is 0 Å². The van der Waals surface area contributed by atoms with Crippen molar-refractivity contribution in [2.45, 2.75) is 6.10 Å². The van der Waals surface area contributed by atoms with Crippen LogP contribution in [-0.4, -0.2) is 5.11 Å². The SMILES string of the molecule is OC(c1cccc(Cl)c1)c1cscc1Br. The largest absolute Gasteiger partial charge is 0.384 e. The molecule has 1 aromatic carbocycles. The van der Waals surface area contributed by atoms with Crippen molar-refractivity contribution >= 4 is 38.9 Å². The molecule has 1 aromatic heterocycles. The summed E-state index contributed by atoms with van der Waals surface area (Å²) in [5, 5.41) is 14.6. The molecule has 0 aliphatic rings. The number of hydrogen-bond acceptors (Lipinski definition) is 2. The van der Waals surface area contributed by atoms with E-state index in [0.29, 0.717) is 5.02 Å². The van der Waals surface area contributed by atoms with E-state index >= 15 is 0 Å². The highest BCUT2D eigenvalue weighted by atomic mass is 79.9. The van der Waals surface area contributed by atoms with Crippen molar-refractivity contribution in [3.63, 3.8) is 0 Å². The highest BCUT2D eigenvalue weighted by Gasteiger charge is 2.14. The molecule has 0 saturated heterocycles. The van der Waals surface area contributed by atoms with Crippen LogP contribution in [0, 0.1) is 0 Å². The van der Waals surface area contributed by atoms with Crippen molar-refractivity contribution in [2.75, 3.05) is 0 Å². The first-order valence-corrected chi connectivity index (χ1v) is 6.45. The second-order valence-electron chi connectivity index (χ2n) is 3.13. The van der Waals surface area contributed by atoms with Crippen LogP contribution in [0.15, 0.2) is 39.5 Å². The zero-order chi connectivity index (χ0) is 10.8. The van der Waals surface area contributed by atoms with Gasteiger partial charge in [-0.1, -0.05) is 23.7 Å². The summed E-state index contributed by atoms with van der Waals surface area (Å²) < 4.78 is 0.931. The summed E-state index contributed by atoms with van der Waals surface area (Å²) in [4.78, 5) is 0. The molecule has 1 nitrogen and oxygen atoms in total. The second kappa shape index (κ2) is 4.66. The molecular formula is C11H8BrClOS. The lowest BCUT2D eigenvalue weighted by atomic mass is 10.0. The Morgan fingerprint density at radius 3 is 2.73 bits per heavy atom. The van der Waals surface area contributed by atoms with Crippen LogP contribution >= 0.6 is 38.9 Å². The third kappa shape index (κ3) is 2.42. The van der Waals surface area contributed by atoms with Crippen molar-refractivity contribution < 1.29 is 5.11 Å². The molecule has 0 fully saturated rings. The lowest BCUT2D eigenvalue weighted by Crippen LogP contribution is -1.98. The minimum absolute atomic E-state index is 0.621. The van der Waals surface area contributed by atoms with Crippen molar-refractivity contribution in [3.8, 4) is 0 Å². The molecule has 78 valence electrons. The van der Waals surface area contributed by atoms with E-state index < -0.39 is 6.10 Å². The fraction of sp³-hybridized carbons (Fsp3) is 0.0909. The van der Waals surface area contributed by atoms with E-state index in [9.17, 15) is 5.11 Å². The maximum atomic E-state index is 10.1. The first-order valence-electron chi connectivity index (χ1n) is 4.33.